The molecular weight excluding hydrogens is 345 g/mol. The Labute approximate surface area is 157 Å². The van der Waals surface area contributed by atoms with Crippen molar-refractivity contribution in [3.05, 3.63) is 35.6 Å². The number of aromatic nitrogens is 4. The van der Waals surface area contributed by atoms with E-state index >= 15 is 0 Å². The van der Waals surface area contributed by atoms with E-state index in [1.54, 1.807) is 6.07 Å². The highest BCUT2D eigenvalue weighted by Gasteiger charge is 2.34. The maximum atomic E-state index is 14.5. The summed E-state index contributed by atoms with van der Waals surface area (Å²) in [7, 11) is 0. The fraction of sp³-hybridized carbons (Fsp3) is 0.550. The van der Waals surface area contributed by atoms with Crippen LogP contribution in [0.4, 0.5) is 4.39 Å². The lowest BCUT2D eigenvalue weighted by Crippen LogP contribution is -2.38. The summed E-state index contributed by atoms with van der Waals surface area (Å²) >= 11 is 0. The molecule has 3 heterocycles. The molecule has 27 heavy (non-hydrogen) atoms. The van der Waals surface area contributed by atoms with Crippen LogP contribution in [0.3, 0.4) is 0 Å². The highest BCUT2D eigenvalue weighted by atomic mass is 19.1. The highest BCUT2D eigenvalue weighted by Crippen LogP contribution is 2.34. The van der Waals surface area contributed by atoms with Crippen LogP contribution in [0.1, 0.15) is 63.0 Å². The normalized spacial score (nSPS) is 21.4. The van der Waals surface area contributed by atoms with E-state index in [0.717, 1.165) is 36.6 Å². The smallest absolute Gasteiger partial charge is 0.291 e. The molecule has 5 rings (SSSR count). The van der Waals surface area contributed by atoms with Gasteiger partial charge in [-0.05, 0) is 42.9 Å². The van der Waals surface area contributed by atoms with Crippen LogP contribution in [-0.4, -0.2) is 44.0 Å². The largest absolute Gasteiger partial charge is 0.337 e. The molecule has 1 saturated carbocycles. The molecule has 0 radical (unpaired) electrons. The zero-order chi connectivity index (χ0) is 18.5. The molecule has 1 aromatic carbocycles. The molecule has 142 valence electrons. The van der Waals surface area contributed by atoms with Crippen LogP contribution in [0.25, 0.3) is 16.9 Å². The van der Waals surface area contributed by atoms with Crippen molar-refractivity contribution in [1.29, 1.82) is 0 Å². The molecule has 1 saturated heterocycles. The molecule has 0 amide bonds. The lowest BCUT2D eigenvalue weighted by atomic mass is 9.92. The van der Waals surface area contributed by atoms with Gasteiger partial charge in [0.2, 0.25) is 5.89 Å². The molecule has 3 aromatic rings. The first-order valence-corrected chi connectivity index (χ1v) is 9.87. The van der Waals surface area contributed by atoms with E-state index in [4.69, 9.17) is 4.52 Å². The second-order valence-corrected chi connectivity index (χ2v) is 8.09. The van der Waals surface area contributed by atoms with Crippen molar-refractivity contribution < 1.29 is 8.91 Å². The van der Waals surface area contributed by atoms with Gasteiger partial charge in [-0.2, -0.15) is 14.8 Å². The Hall–Kier alpha value is -2.28. The third-order valence-electron chi connectivity index (χ3n) is 6.01. The number of fused-ring (bicyclic) bond motifs is 1. The van der Waals surface area contributed by atoms with Crippen LogP contribution in [0.2, 0.25) is 0 Å². The number of benzene rings is 1. The van der Waals surface area contributed by atoms with Crippen LogP contribution in [0.15, 0.2) is 22.7 Å². The number of halogens is 1. The van der Waals surface area contributed by atoms with E-state index in [0.29, 0.717) is 17.4 Å². The first-order chi connectivity index (χ1) is 13.1. The maximum Gasteiger partial charge on any atom is 0.291 e. The number of likely N-dealkylation sites (tertiary alicyclic amines) is 1. The van der Waals surface area contributed by atoms with Crippen LogP contribution >= 0.6 is 0 Å². The van der Waals surface area contributed by atoms with Crippen molar-refractivity contribution >= 4 is 10.9 Å². The molecule has 1 atom stereocenters. The minimum absolute atomic E-state index is 0.174. The number of para-hydroxylation sites is 1. The van der Waals surface area contributed by atoms with Crippen LogP contribution < -0.4 is 0 Å². The van der Waals surface area contributed by atoms with Gasteiger partial charge in [0.05, 0.1) is 11.6 Å². The number of hydrogen-bond acceptors (Lipinski definition) is 5. The standard InChI is InChI=1S/C20H24FN5O/c1-12(2)17-15-7-4-8-16(21)18(15)26(23-17)20-22-19(27-24-20)13-9-10-25(11-13)14-5-3-6-14/h4,7-8,12-14H,3,5-6,9-11H2,1-2H3. The summed E-state index contributed by atoms with van der Waals surface area (Å²) in [6.07, 6.45) is 4.98. The predicted molar refractivity (Wildman–Crippen MR) is 99.5 cm³/mol. The molecule has 0 N–H and O–H groups in total. The van der Waals surface area contributed by atoms with Gasteiger partial charge in [-0.1, -0.05) is 32.4 Å². The minimum Gasteiger partial charge on any atom is -0.337 e. The van der Waals surface area contributed by atoms with Crippen LogP contribution in [-0.2, 0) is 0 Å². The van der Waals surface area contributed by atoms with Gasteiger partial charge in [0.15, 0.2) is 0 Å². The quantitative estimate of drug-likeness (QED) is 0.695. The summed E-state index contributed by atoms with van der Waals surface area (Å²) < 4.78 is 21.6. The second-order valence-electron chi connectivity index (χ2n) is 8.09. The highest BCUT2D eigenvalue weighted by molar-refractivity contribution is 5.84. The summed E-state index contributed by atoms with van der Waals surface area (Å²) in [6.45, 7) is 6.15. The molecule has 1 aliphatic heterocycles. The topological polar surface area (TPSA) is 60.0 Å². The molecular formula is C20H24FN5O. The number of rotatable bonds is 4. The second kappa shape index (κ2) is 6.41. The molecule has 1 aliphatic carbocycles. The minimum atomic E-state index is -0.324. The number of nitrogens with zero attached hydrogens (tertiary/aromatic N) is 5. The molecule has 0 bridgehead atoms. The van der Waals surface area contributed by atoms with Crippen molar-refractivity contribution in [2.24, 2.45) is 0 Å². The molecule has 2 aromatic heterocycles. The SMILES string of the molecule is CC(C)c1nn(-c2noc(C3CCN(C4CCC4)C3)n2)c2c(F)cccc12. The summed E-state index contributed by atoms with van der Waals surface area (Å²) in [5, 5.41) is 9.53. The van der Waals surface area contributed by atoms with Gasteiger partial charge in [0, 0.05) is 18.0 Å². The van der Waals surface area contributed by atoms with Gasteiger partial charge in [-0.25, -0.2) is 4.39 Å². The summed E-state index contributed by atoms with van der Waals surface area (Å²) in [5.74, 6) is 1.05. The predicted octanol–water partition coefficient (Wildman–Crippen LogP) is 4.01. The van der Waals surface area contributed by atoms with E-state index in [1.807, 2.05) is 19.9 Å². The van der Waals surface area contributed by atoms with Crippen molar-refractivity contribution in [2.45, 2.75) is 57.4 Å². The van der Waals surface area contributed by atoms with Gasteiger partial charge < -0.3 is 4.52 Å². The van der Waals surface area contributed by atoms with Gasteiger partial charge >= 0.3 is 0 Å². The monoisotopic (exact) mass is 369 g/mol. The Bertz CT molecular complexity index is 974. The molecule has 0 spiro atoms. The Morgan fingerprint density at radius 2 is 2.07 bits per heavy atom. The van der Waals surface area contributed by atoms with Crippen molar-refractivity contribution in [3.63, 3.8) is 0 Å². The van der Waals surface area contributed by atoms with Gasteiger partial charge in [0.25, 0.3) is 5.95 Å². The van der Waals surface area contributed by atoms with Crippen LogP contribution in [0, 0.1) is 5.82 Å². The fourth-order valence-electron chi connectivity index (χ4n) is 4.27. The summed E-state index contributed by atoms with van der Waals surface area (Å²) in [6, 6.07) is 5.78. The number of hydrogen-bond donors (Lipinski definition) is 0. The lowest BCUT2D eigenvalue weighted by molar-refractivity contribution is 0.155. The first-order valence-electron chi connectivity index (χ1n) is 9.87. The molecule has 2 fully saturated rings. The van der Waals surface area contributed by atoms with Gasteiger partial charge in [-0.15, -0.1) is 0 Å². The third kappa shape index (κ3) is 2.76. The van der Waals surface area contributed by atoms with Gasteiger partial charge in [-0.3, -0.25) is 4.90 Å². The van der Waals surface area contributed by atoms with E-state index in [1.165, 1.54) is 30.0 Å². The molecule has 2 aliphatic rings. The summed E-state index contributed by atoms with van der Waals surface area (Å²) in [5.41, 5.74) is 1.25. The Morgan fingerprint density at radius 1 is 1.22 bits per heavy atom. The zero-order valence-electron chi connectivity index (χ0n) is 15.7. The third-order valence-corrected chi connectivity index (χ3v) is 6.01. The van der Waals surface area contributed by atoms with E-state index in [2.05, 4.69) is 20.1 Å². The van der Waals surface area contributed by atoms with E-state index < -0.39 is 0 Å². The maximum absolute atomic E-state index is 14.5. The van der Waals surface area contributed by atoms with Crippen molar-refractivity contribution in [3.8, 4) is 5.95 Å². The molecule has 7 heteroatoms. The Balaban J connectivity index is 1.48. The van der Waals surface area contributed by atoms with Crippen molar-refractivity contribution in [2.75, 3.05) is 13.1 Å². The summed E-state index contributed by atoms with van der Waals surface area (Å²) in [4.78, 5) is 7.13. The van der Waals surface area contributed by atoms with Crippen LogP contribution in [0.5, 0.6) is 0 Å². The fourth-order valence-corrected chi connectivity index (χ4v) is 4.27. The average molecular weight is 369 g/mol. The van der Waals surface area contributed by atoms with Gasteiger partial charge in [0.1, 0.15) is 11.3 Å². The Morgan fingerprint density at radius 3 is 2.81 bits per heavy atom. The van der Waals surface area contributed by atoms with Crippen molar-refractivity contribution in [1.82, 2.24) is 24.8 Å². The molecule has 1 unspecified atom stereocenters. The zero-order valence-corrected chi connectivity index (χ0v) is 15.7. The average Bonchev–Trinajstić information content (AvgIpc) is 3.30. The first kappa shape index (κ1) is 16.9. The molecule has 6 nitrogen and oxygen atoms in total. The van der Waals surface area contributed by atoms with E-state index in [9.17, 15) is 4.39 Å². The van der Waals surface area contributed by atoms with E-state index in [-0.39, 0.29) is 17.7 Å². The Kier molecular flexibility index (Phi) is 4.00. The lowest BCUT2D eigenvalue weighted by Gasteiger charge is -2.34.